The zero-order valence-corrected chi connectivity index (χ0v) is 12.7. The van der Waals surface area contributed by atoms with Crippen LogP contribution in [-0.4, -0.2) is 44.4 Å². The molecule has 0 aromatic heterocycles. The molecule has 2 aliphatic heterocycles. The standard InChI is InChI=1S/C16H21FN2O3/c1-11-9-19(14-3-2-12(17)8-15(14)22-11)16(20)10-21-13-4-6-18-7-5-13/h2-3,8,11,13,18H,4-7,9-10H2,1H3. The smallest absolute Gasteiger partial charge is 0.253 e. The number of nitrogens with zero attached hydrogens (tertiary/aromatic N) is 1. The highest BCUT2D eigenvalue weighted by Crippen LogP contribution is 2.34. The van der Waals surface area contributed by atoms with E-state index >= 15 is 0 Å². The van der Waals surface area contributed by atoms with Crippen molar-refractivity contribution in [1.82, 2.24) is 5.32 Å². The molecule has 120 valence electrons. The van der Waals surface area contributed by atoms with Gasteiger partial charge < -0.3 is 19.7 Å². The van der Waals surface area contributed by atoms with Crippen molar-refractivity contribution in [2.75, 3.05) is 31.1 Å². The molecule has 0 bridgehead atoms. The number of halogens is 1. The molecule has 1 aromatic rings. The molecule has 1 aromatic carbocycles. The van der Waals surface area contributed by atoms with E-state index in [1.807, 2.05) is 6.92 Å². The highest BCUT2D eigenvalue weighted by Gasteiger charge is 2.28. The maximum absolute atomic E-state index is 13.3. The number of hydrogen-bond acceptors (Lipinski definition) is 4. The Kier molecular flexibility index (Phi) is 4.59. The Morgan fingerprint density at radius 3 is 3.00 bits per heavy atom. The minimum absolute atomic E-state index is 0.0498. The molecule has 1 saturated heterocycles. The summed E-state index contributed by atoms with van der Waals surface area (Å²) in [5.41, 5.74) is 0.610. The van der Waals surface area contributed by atoms with Gasteiger partial charge >= 0.3 is 0 Å². The van der Waals surface area contributed by atoms with E-state index in [-0.39, 0.29) is 30.5 Å². The van der Waals surface area contributed by atoms with Gasteiger partial charge in [-0.05, 0) is 45.0 Å². The molecule has 1 unspecified atom stereocenters. The van der Waals surface area contributed by atoms with Crippen molar-refractivity contribution in [2.45, 2.75) is 32.0 Å². The van der Waals surface area contributed by atoms with Crippen LogP contribution in [-0.2, 0) is 9.53 Å². The molecule has 0 saturated carbocycles. The van der Waals surface area contributed by atoms with Crippen molar-refractivity contribution in [2.24, 2.45) is 0 Å². The summed E-state index contributed by atoms with van der Waals surface area (Å²) >= 11 is 0. The van der Waals surface area contributed by atoms with Gasteiger partial charge in [0, 0.05) is 6.07 Å². The second-order valence-electron chi connectivity index (χ2n) is 5.81. The molecular weight excluding hydrogens is 287 g/mol. The van der Waals surface area contributed by atoms with Crippen LogP contribution in [0, 0.1) is 5.82 Å². The first-order chi connectivity index (χ1) is 10.6. The van der Waals surface area contributed by atoms with Crippen molar-refractivity contribution in [3.05, 3.63) is 24.0 Å². The van der Waals surface area contributed by atoms with Crippen LogP contribution >= 0.6 is 0 Å². The minimum Gasteiger partial charge on any atom is -0.487 e. The number of anilines is 1. The van der Waals surface area contributed by atoms with Crippen LogP contribution in [0.1, 0.15) is 19.8 Å². The number of nitrogens with one attached hydrogen (secondary N) is 1. The van der Waals surface area contributed by atoms with E-state index in [2.05, 4.69) is 5.32 Å². The molecule has 22 heavy (non-hydrogen) atoms. The summed E-state index contributed by atoms with van der Waals surface area (Å²) in [6.07, 6.45) is 1.82. The monoisotopic (exact) mass is 308 g/mol. The van der Waals surface area contributed by atoms with Gasteiger partial charge in [-0.1, -0.05) is 0 Å². The summed E-state index contributed by atoms with van der Waals surface area (Å²) in [6.45, 7) is 4.22. The number of benzene rings is 1. The van der Waals surface area contributed by atoms with E-state index in [0.29, 0.717) is 18.0 Å². The summed E-state index contributed by atoms with van der Waals surface area (Å²) in [5.74, 6) is -0.0679. The average molecular weight is 308 g/mol. The van der Waals surface area contributed by atoms with E-state index in [1.54, 1.807) is 11.0 Å². The van der Waals surface area contributed by atoms with Gasteiger partial charge in [-0.3, -0.25) is 4.79 Å². The van der Waals surface area contributed by atoms with E-state index < -0.39 is 0 Å². The van der Waals surface area contributed by atoms with Crippen LogP contribution in [0.4, 0.5) is 10.1 Å². The molecule has 1 fully saturated rings. The van der Waals surface area contributed by atoms with Crippen molar-refractivity contribution in [3.63, 3.8) is 0 Å². The summed E-state index contributed by atoms with van der Waals surface area (Å²) in [4.78, 5) is 14.1. The molecule has 5 nitrogen and oxygen atoms in total. The van der Waals surface area contributed by atoms with Gasteiger partial charge in [0.2, 0.25) is 0 Å². The molecule has 6 heteroatoms. The SMILES string of the molecule is CC1CN(C(=O)COC2CCNCC2)c2ccc(F)cc2O1. The van der Waals surface area contributed by atoms with Crippen LogP contribution in [0.5, 0.6) is 5.75 Å². The van der Waals surface area contributed by atoms with E-state index in [0.717, 1.165) is 25.9 Å². The highest BCUT2D eigenvalue weighted by molar-refractivity contribution is 5.96. The fourth-order valence-electron chi connectivity index (χ4n) is 2.88. The third-order valence-electron chi connectivity index (χ3n) is 4.01. The molecule has 0 radical (unpaired) electrons. The van der Waals surface area contributed by atoms with Crippen molar-refractivity contribution >= 4 is 11.6 Å². The Labute approximate surface area is 129 Å². The maximum Gasteiger partial charge on any atom is 0.253 e. The second kappa shape index (κ2) is 6.62. The van der Waals surface area contributed by atoms with Crippen molar-refractivity contribution in [3.8, 4) is 5.75 Å². The fraction of sp³-hybridized carbons (Fsp3) is 0.562. The Morgan fingerprint density at radius 2 is 2.23 bits per heavy atom. The van der Waals surface area contributed by atoms with Gasteiger partial charge in [0.1, 0.15) is 24.3 Å². The van der Waals surface area contributed by atoms with E-state index in [9.17, 15) is 9.18 Å². The van der Waals surface area contributed by atoms with Gasteiger partial charge in [-0.2, -0.15) is 0 Å². The first-order valence-corrected chi connectivity index (χ1v) is 7.72. The number of fused-ring (bicyclic) bond motifs is 1. The molecule has 1 amide bonds. The van der Waals surface area contributed by atoms with E-state index in [4.69, 9.17) is 9.47 Å². The second-order valence-corrected chi connectivity index (χ2v) is 5.81. The maximum atomic E-state index is 13.3. The lowest BCUT2D eigenvalue weighted by molar-refractivity contribution is -0.126. The van der Waals surface area contributed by atoms with Crippen LogP contribution < -0.4 is 15.0 Å². The Bertz CT molecular complexity index is 546. The van der Waals surface area contributed by atoms with Gasteiger partial charge in [0.15, 0.2) is 0 Å². The highest BCUT2D eigenvalue weighted by atomic mass is 19.1. The van der Waals surface area contributed by atoms with Gasteiger partial charge in [0.25, 0.3) is 5.91 Å². The van der Waals surface area contributed by atoms with Crippen molar-refractivity contribution in [1.29, 1.82) is 0 Å². The molecular formula is C16H21FN2O3. The van der Waals surface area contributed by atoms with Gasteiger partial charge in [0.05, 0.1) is 18.3 Å². The number of piperidine rings is 1. The number of hydrogen-bond donors (Lipinski definition) is 1. The largest absolute Gasteiger partial charge is 0.487 e. The normalized spacial score (nSPS) is 22.1. The number of carbonyl (C=O) groups excluding carboxylic acids is 1. The number of ether oxygens (including phenoxy) is 2. The zero-order valence-electron chi connectivity index (χ0n) is 12.7. The van der Waals surface area contributed by atoms with E-state index in [1.165, 1.54) is 12.1 Å². The van der Waals surface area contributed by atoms with Crippen LogP contribution in [0.15, 0.2) is 18.2 Å². The Balaban J connectivity index is 1.67. The minimum atomic E-state index is -0.369. The fourth-order valence-corrected chi connectivity index (χ4v) is 2.88. The lowest BCUT2D eigenvalue weighted by atomic mass is 10.1. The molecule has 2 heterocycles. The lowest BCUT2D eigenvalue weighted by Gasteiger charge is -2.34. The topological polar surface area (TPSA) is 50.8 Å². The molecule has 1 N–H and O–H groups in total. The molecule has 0 aliphatic carbocycles. The number of rotatable bonds is 3. The third-order valence-corrected chi connectivity index (χ3v) is 4.01. The third kappa shape index (κ3) is 3.39. The first-order valence-electron chi connectivity index (χ1n) is 7.72. The van der Waals surface area contributed by atoms with Crippen LogP contribution in [0.3, 0.4) is 0 Å². The molecule has 3 rings (SSSR count). The number of amides is 1. The Morgan fingerprint density at radius 1 is 1.45 bits per heavy atom. The zero-order chi connectivity index (χ0) is 15.5. The average Bonchev–Trinajstić information content (AvgIpc) is 2.52. The predicted octanol–water partition coefficient (Wildman–Crippen LogP) is 1.71. The van der Waals surface area contributed by atoms with Crippen LogP contribution in [0.2, 0.25) is 0 Å². The summed E-state index contributed by atoms with van der Waals surface area (Å²) in [5, 5.41) is 3.26. The van der Waals surface area contributed by atoms with Crippen LogP contribution in [0.25, 0.3) is 0 Å². The van der Waals surface area contributed by atoms with Gasteiger partial charge in [-0.25, -0.2) is 4.39 Å². The first kappa shape index (κ1) is 15.2. The number of carbonyl (C=O) groups is 1. The Hall–Kier alpha value is -1.66. The summed E-state index contributed by atoms with van der Waals surface area (Å²) in [6, 6.07) is 4.24. The van der Waals surface area contributed by atoms with Crippen molar-refractivity contribution < 1.29 is 18.7 Å². The predicted molar refractivity (Wildman–Crippen MR) is 80.7 cm³/mol. The van der Waals surface area contributed by atoms with Gasteiger partial charge in [-0.15, -0.1) is 0 Å². The quantitative estimate of drug-likeness (QED) is 0.923. The summed E-state index contributed by atoms with van der Waals surface area (Å²) < 4.78 is 24.7. The summed E-state index contributed by atoms with van der Waals surface area (Å²) in [7, 11) is 0. The lowest BCUT2D eigenvalue weighted by Crippen LogP contribution is -2.44. The molecule has 2 aliphatic rings. The molecule has 0 spiro atoms. The molecule has 1 atom stereocenters.